The van der Waals surface area contributed by atoms with Gasteiger partial charge >= 0.3 is 6.03 Å². The lowest BCUT2D eigenvalue weighted by atomic mass is 9.93. The molecule has 0 aliphatic carbocycles. The quantitative estimate of drug-likeness (QED) is 0.780. The van der Waals surface area contributed by atoms with Crippen LogP contribution in [0.2, 0.25) is 0 Å². The summed E-state index contributed by atoms with van der Waals surface area (Å²) in [7, 11) is 1.50. The molecule has 1 aromatic carbocycles. The van der Waals surface area contributed by atoms with Gasteiger partial charge in [0.05, 0.1) is 19.3 Å². The SMILES string of the molecule is COc1ccc2c(c1)C(=O)N(C[C@@]1(c3cc(F)ccn3)NC(=O)NC1=O)C2. The zero-order valence-electron chi connectivity index (χ0n) is 14.3. The first-order valence-corrected chi connectivity index (χ1v) is 8.15. The van der Waals surface area contributed by atoms with Gasteiger partial charge in [-0.25, -0.2) is 9.18 Å². The number of carbonyl (C=O) groups is 3. The first-order valence-electron chi connectivity index (χ1n) is 8.15. The Morgan fingerprint density at radius 1 is 1.26 bits per heavy atom. The van der Waals surface area contributed by atoms with Gasteiger partial charge in [-0.15, -0.1) is 0 Å². The van der Waals surface area contributed by atoms with Crippen molar-refractivity contribution in [3.63, 3.8) is 0 Å². The number of rotatable bonds is 4. The van der Waals surface area contributed by atoms with E-state index in [4.69, 9.17) is 4.74 Å². The first-order chi connectivity index (χ1) is 12.9. The lowest BCUT2D eigenvalue weighted by molar-refractivity contribution is -0.125. The average molecular weight is 370 g/mol. The molecule has 9 heteroatoms. The smallest absolute Gasteiger partial charge is 0.322 e. The summed E-state index contributed by atoms with van der Waals surface area (Å²) >= 11 is 0. The Bertz CT molecular complexity index is 980. The van der Waals surface area contributed by atoms with Gasteiger partial charge in [0.1, 0.15) is 11.6 Å². The number of fused-ring (bicyclic) bond motifs is 1. The molecule has 0 radical (unpaired) electrons. The number of amides is 4. The number of hydrogen-bond donors (Lipinski definition) is 2. The van der Waals surface area contributed by atoms with Crippen LogP contribution in [-0.4, -0.2) is 41.4 Å². The molecular formula is C18H15FN4O4. The standard InChI is InChI=1S/C18H15FN4O4/c1-27-12-3-2-10-8-23(15(24)13(10)7-12)9-18(16(25)21-17(26)22-18)14-6-11(19)4-5-20-14/h2-7H,8-9H2,1H3,(H2,21,22,25,26)/t18-/m0/s1. The number of benzene rings is 1. The summed E-state index contributed by atoms with van der Waals surface area (Å²) in [4.78, 5) is 42.7. The number of aromatic nitrogens is 1. The topological polar surface area (TPSA) is 101 Å². The van der Waals surface area contributed by atoms with Crippen molar-refractivity contribution in [1.29, 1.82) is 0 Å². The molecule has 27 heavy (non-hydrogen) atoms. The van der Waals surface area contributed by atoms with Crippen molar-refractivity contribution in [3.05, 3.63) is 59.2 Å². The molecule has 2 N–H and O–H groups in total. The lowest BCUT2D eigenvalue weighted by Crippen LogP contribution is -2.53. The number of halogens is 1. The summed E-state index contributed by atoms with van der Waals surface area (Å²) in [5.41, 5.74) is -0.414. The number of imide groups is 1. The largest absolute Gasteiger partial charge is 0.497 e. The van der Waals surface area contributed by atoms with E-state index in [1.54, 1.807) is 18.2 Å². The number of nitrogens with zero attached hydrogens (tertiary/aromatic N) is 2. The Kier molecular flexibility index (Phi) is 3.79. The maximum atomic E-state index is 13.7. The number of pyridine rings is 1. The third kappa shape index (κ3) is 2.67. The Morgan fingerprint density at radius 3 is 2.74 bits per heavy atom. The fraction of sp³-hybridized carbons (Fsp3) is 0.222. The summed E-state index contributed by atoms with van der Waals surface area (Å²) < 4.78 is 18.9. The van der Waals surface area contributed by atoms with E-state index in [-0.39, 0.29) is 24.7 Å². The van der Waals surface area contributed by atoms with Crippen molar-refractivity contribution in [3.8, 4) is 5.75 Å². The number of nitrogens with one attached hydrogen (secondary N) is 2. The Labute approximate surface area is 153 Å². The molecule has 8 nitrogen and oxygen atoms in total. The van der Waals surface area contributed by atoms with E-state index in [0.29, 0.717) is 11.3 Å². The molecule has 0 spiro atoms. The first kappa shape index (κ1) is 17.0. The minimum atomic E-state index is -1.67. The zero-order valence-corrected chi connectivity index (χ0v) is 14.3. The molecule has 3 heterocycles. The van der Waals surface area contributed by atoms with Crippen LogP contribution in [0.3, 0.4) is 0 Å². The number of hydrogen-bond acceptors (Lipinski definition) is 5. The third-order valence-corrected chi connectivity index (χ3v) is 4.72. The van der Waals surface area contributed by atoms with Crippen LogP contribution >= 0.6 is 0 Å². The number of carbonyl (C=O) groups excluding carboxylic acids is 3. The monoisotopic (exact) mass is 370 g/mol. The second-order valence-corrected chi connectivity index (χ2v) is 6.36. The van der Waals surface area contributed by atoms with Crippen LogP contribution in [0.4, 0.5) is 9.18 Å². The molecule has 4 rings (SSSR count). The molecule has 0 saturated carbocycles. The van der Waals surface area contributed by atoms with Crippen molar-refractivity contribution in [2.24, 2.45) is 0 Å². The molecule has 0 bridgehead atoms. The second-order valence-electron chi connectivity index (χ2n) is 6.36. The second kappa shape index (κ2) is 6.04. The van der Waals surface area contributed by atoms with E-state index in [0.717, 1.165) is 17.7 Å². The molecule has 1 aromatic heterocycles. The Hall–Kier alpha value is -3.49. The van der Waals surface area contributed by atoms with Crippen LogP contribution in [-0.2, 0) is 16.9 Å². The highest BCUT2D eigenvalue weighted by atomic mass is 19.1. The van der Waals surface area contributed by atoms with Gasteiger partial charge in [0.15, 0.2) is 5.54 Å². The van der Waals surface area contributed by atoms with Gasteiger partial charge in [0.2, 0.25) is 0 Å². The van der Waals surface area contributed by atoms with E-state index in [1.807, 2.05) is 0 Å². The molecule has 1 saturated heterocycles. The maximum absolute atomic E-state index is 13.7. The van der Waals surface area contributed by atoms with E-state index in [2.05, 4.69) is 15.6 Å². The van der Waals surface area contributed by atoms with E-state index >= 15 is 0 Å². The molecule has 1 fully saturated rings. The number of methoxy groups -OCH3 is 1. The van der Waals surface area contributed by atoms with Crippen LogP contribution in [0.1, 0.15) is 21.6 Å². The fourth-order valence-corrected chi connectivity index (χ4v) is 3.38. The van der Waals surface area contributed by atoms with Gasteiger partial charge in [-0.2, -0.15) is 0 Å². The highest BCUT2D eigenvalue weighted by molar-refractivity contribution is 6.08. The summed E-state index contributed by atoms with van der Waals surface area (Å²) in [6.45, 7) is 0.0647. The summed E-state index contributed by atoms with van der Waals surface area (Å²) in [6.07, 6.45) is 1.20. The normalized spacial score (nSPS) is 21.1. The lowest BCUT2D eigenvalue weighted by Gasteiger charge is -2.30. The van der Waals surface area contributed by atoms with Crippen molar-refractivity contribution >= 4 is 17.8 Å². The van der Waals surface area contributed by atoms with Gasteiger partial charge < -0.3 is 15.0 Å². The van der Waals surface area contributed by atoms with Crippen molar-refractivity contribution in [1.82, 2.24) is 20.5 Å². The van der Waals surface area contributed by atoms with Gasteiger partial charge in [-0.1, -0.05) is 6.07 Å². The van der Waals surface area contributed by atoms with Gasteiger partial charge in [-0.3, -0.25) is 19.9 Å². The molecule has 4 amide bonds. The van der Waals surface area contributed by atoms with Crippen molar-refractivity contribution < 1.29 is 23.5 Å². The van der Waals surface area contributed by atoms with Crippen LogP contribution in [0, 0.1) is 5.82 Å². The molecule has 1 atom stereocenters. The van der Waals surface area contributed by atoms with Crippen LogP contribution in [0.5, 0.6) is 5.75 Å². The molecule has 2 aromatic rings. The zero-order chi connectivity index (χ0) is 19.2. The highest BCUT2D eigenvalue weighted by Gasteiger charge is 2.51. The molecule has 2 aliphatic rings. The highest BCUT2D eigenvalue weighted by Crippen LogP contribution is 2.31. The molecule has 138 valence electrons. The molecule has 0 unspecified atom stereocenters. The molecular weight excluding hydrogens is 355 g/mol. The van der Waals surface area contributed by atoms with E-state index in [1.165, 1.54) is 18.2 Å². The van der Waals surface area contributed by atoms with Crippen molar-refractivity contribution in [2.45, 2.75) is 12.1 Å². The number of urea groups is 1. The minimum absolute atomic E-state index is 0.0205. The van der Waals surface area contributed by atoms with E-state index in [9.17, 15) is 18.8 Å². The van der Waals surface area contributed by atoms with Gasteiger partial charge in [-0.05, 0) is 29.8 Å². The summed E-state index contributed by atoms with van der Waals surface area (Å²) in [6, 6.07) is 6.61. The minimum Gasteiger partial charge on any atom is -0.497 e. The molecule has 2 aliphatic heterocycles. The predicted molar refractivity (Wildman–Crippen MR) is 90.3 cm³/mol. The van der Waals surface area contributed by atoms with Crippen LogP contribution < -0.4 is 15.4 Å². The predicted octanol–water partition coefficient (Wildman–Crippen LogP) is 0.920. The maximum Gasteiger partial charge on any atom is 0.322 e. The third-order valence-electron chi connectivity index (χ3n) is 4.72. The average Bonchev–Trinajstić information content (AvgIpc) is 3.11. The van der Waals surface area contributed by atoms with Crippen LogP contribution in [0.15, 0.2) is 36.5 Å². The fourth-order valence-electron chi connectivity index (χ4n) is 3.38. The summed E-state index contributed by atoms with van der Waals surface area (Å²) in [5, 5.41) is 4.65. The van der Waals surface area contributed by atoms with Gasteiger partial charge in [0.25, 0.3) is 11.8 Å². The van der Waals surface area contributed by atoms with Gasteiger partial charge in [0, 0.05) is 18.3 Å². The van der Waals surface area contributed by atoms with Crippen molar-refractivity contribution in [2.75, 3.05) is 13.7 Å². The number of ether oxygens (including phenoxy) is 1. The summed E-state index contributed by atoms with van der Waals surface area (Å²) in [5.74, 6) is -1.06. The Morgan fingerprint density at radius 2 is 2.07 bits per heavy atom. The van der Waals surface area contributed by atoms with Crippen LogP contribution in [0.25, 0.3) is 0 Å². The Balaban J connectivity index is 1.71. The van der Waals surface area contributed by atoms with E-state index < -0.39 is 23.3 Å².